The highest BCUT2D eigenvalue weighted by Gasteiger charge is 2.16. The van der Waals surface area contributed by atoms with Crippen molar-refractivity contribution in [2.75, 3.05) is 11.1 Å². The van der Waals surface area contributed by atoms with Gasteiger partial charge in [0.1, 0.15) is 5.75 Å². The van der Waals surface area contributed by atoms with E-state index >= 15 is 0 Å². The zero-order chi connectivity index (χ0) is 17.5. The zero-order valence-corrected chi connectivity index (χ0v) is 15.6. The van der Waals surface area contributed by atoms with Crippen molar-refractivity contribution in [3.8, 4) is 5.75 Å². The van der Waals surface area contributed by atoms with Crippen molar-refractivity contribution in [2.45, 2.75) is 37.5 Å². The number of hydrogen-bond acceptors (Lipinski definition) is 3. The predicted octanol–water partition coefficient (Wildman–Crippen LogP) is 5.53. The second kappa shape index (κ2) is 9.16. The molecule has 0 unspecified atom stereocenters. The number of hydrogen-bond donors (Lipinski definition) is 1. The largest absolute Gasteiger partial charge is 0.490 e. The first-order chi connectivity index (χ1) is 12.2. The monoisotopic (exact) mass is 375 g/mol. The van der Waals surface area contributed by atoms with Crippen molar-refractivity contribution < 1.29 is 9.53 Å². The Bertz CT molecular complexity index is 699. The Morgan fingerprint density at radius 1 is 1.12 bits per heavy atom. The summed E-state index contributed by atoms with van der Waals surface area (Å²) in [6.07, 6.45) is 5.14. The first kappa shape index (κ1) is 18.2. The van der Waals surface area contributed by atoms with E-state index < -0.39 is 0 Å². The van der Waals surface area contributed by atoms with E-state index in [2.05, 4.69) is 5.32 Å². The van der Waals surface area contributed by atoms with Crippen LogP contribution in [0.3, 0.4) is 0 Å². The van der Waals surface area contributed by atoms with Crippen LogP contribution in [0.5, 0.6) is 5.75 Å². The first-order valence-corrected chi connectivity index (χ1v) is 10.1. The molecule has 0 aliphatic heterocycles. The van der Waals surface area contributed by atoms with Crippen molar-refractivity contribution in [1.82, 2.24) is 0 Å². The van der Waals surface area contributed by atoms with E-state index in [1.54, 1.807) is 11.8 Å². The number of rotatable bonds is 7. The van der Waals surface area contributed by atoms with Crippen LogP contribution in [0, 0.1) is 0 Å². The minimum atomic E-state index is -0.0125. The molecule has 1 N–H and O–H groups in total. The Kier molecular flexibility index (Phi) is 6.65. The molecule has 1 fully saturated rings. The predicted molar refractivity (Wildman–Crippen MR) is 106 cm³/mol. The van der Waals surface area contributed by atoms with Crippen molar-refractivity contribution in [1.29, 1.82) is 0 Å². The standard InChI is InChI=1S/C20H22ClNO2S/c21-19-8-4-1-5-15(19)13-25-14-20(23)22-16-9-11-18(12-10-16)24-17-6-2-3-7-17/h1,4-5,8-12,17H,2-3,6-7,13-14H2,(H,22,23). The lowest BCUT2D eigenvalue weighted by Gasteiger charge is -2.13. The highest BCUT2D eigenvalue weighted by atomic mass is 35.5. The fourth-order valence-electron chi connectivity index (χ4n) is 2.88. The smallest absolute Gasteiger partial charge is 0.234 e. The molecular weight excluding hydrogens is 354 g/mol. The molecule has 1 aliphatic carbocycles. The summed E-state index contributed by atoms with van der Waals surface area (Å²) in [6.45, 7) is 0. The van der Waals surface area contributed by atoms with Crippen LogP contribution in [0.1, 0.15) is 31.2 Å². The van der Waals surface area contributed by atoms with Crippen LogP contribution in [0.4, 0.5) is 5.69 Å². The second-order valence-corrected chi connectivity index (χ2v) is 7.57. The normalized spacial score (nSPS) is 14.4. The van der Waals surface area contributed by atoms with Gasteiger partial charge in [0.15, 0.2) is 0 Å². The van der Waals surface area contributed by atoms with E-state index in [1.807, 2.05) is 48.5 Å². The van der Waals surface area contributed by atoms with E-state index in [0.717, 1.165) is 40.6 Å². The number of halogens is 1. The van der Waals surface area contributed by atoms with E-state index in [-0.39, 0.29) is 5.91 Å². The summed E-state index contributed by atoms with van der Waals surface area (Å²) in [4.78, 5) is 12.1. The Labute approximate surface area is 158 Å². The highest BCUT2D eigenvalue weighted by Crippen LogP contribution is 2.25. The topological polar surface area (TPSA) is 38.3 Å². The summed E-state index contributed by atoms with van der Waals surface area (Å²) in [5.74, 6) is 1.98. The van der Waals surface area contributed by atoms with Crippen LogP contribution >= 0.6 is 23.4 Å². The van der Waals surface area contributed by atoms with Gasteiger partial charge in [-0.25, -0.2) is 0 Å². The quantitative estimate of drug-likeness (QED) is 0.691. The van der Waals surface area contributed by atoms with E-state index in [4.69, 9.17) is 16.3 Å². The summed E-state index contributed by atoms with van der Waals surface area (Å²) in [6, 6.07) is 15.3. The molecule has 0 aromatic heterocycles. The Morgan fingerprint density at radius 2 is 1.84 bits per heavy atom. The van der Waals surface area contributed by atoms with Gasteiger partial charge in [-0.15, -0.1) is 11.8 Å². The number of nitrogens with one attached hydrogen (secondary N) is 1. The molecule has 2 aromatic rings. The number of thioether (sulfide) groups is 1. The molecule has 5 heteroatoms. The average Bonchev–Trinajstić information content (AvgIpc) is 3.11. The van der Waals surface area contributed by atoms with Gasteiger partial charge in [-0.05, 0) is 61.6 Å². The summed E-state index contributed by atoms with van der Waals surface area (Å²) in [5, 5.41) is 3.66. The van der Waals surface area contributed by atoms with Crippen molar-refractivity contribution >= 4 is 35.0 Å². The molecule has 0 saturated heterocycles. The number of benzene rings is 2. The summed E-state index contributed by atoms with van der Waals surface area (Å²) in [5.41, 5.74) is 1.84. The lowest BCUT2D eigenvalue weighted by molar-refractivity contribution is -0.113. The molecule has 0 atom stereocenters. The number of carbonyl (C=O) groups is 1. The van der Waals surface area contributed by atoms with E-state index in [1.165, 1.54) is 12.8 Å². The first-order valence-electron chi connectivity index (χ1n) is 8.58. The Morgan fingerprint density at radius 3 is 2.56 bits per heavy atom. The molecule has 25 heavy (non-hydrogen) atoms. The van der Waals surface area contributed by atoms with Crippen LogP contribution in [0.2, 0.25) is 5.02 Å². The van der Waals surface area contributed by atoms with Gasteiger partial charge in [0.25, 0.3) is 0 Å². The molecule has 3 nitrogen and oxygen atoms in total. The molecule has 0 spiro atoms. The molecule has 0 bridgehead atoms. The van der Waals surface area contributed by atoms with E-state index in [9.17, 15) is 4.79 Å². The van der Waals surface area contributed by atoms with Crippen LogP contribution in [0.25, 0.3) is 0 Å². The molecule has 0 radical (unpaired) electrons. The Balaban J connectivity index is 1.42. The molecule has 1 aliphatic rings. The van der Waals surface area contributed by atoms with E-state index in [0.29, 0.717) is 11.9 Å². The summed E-state index contributed by atoms with van der Waals surface area (Å²) < 4.78 is 5.93. The fraction of sp³-hybridized carbons (Fsp3) is 0.350. The van der Waals surface area contributed by atoms with Crippen LogP contribution in [0.15, 0.2) is 48.5 Å². The maximum atomic E-state index is 12.1. The van der Waals surface area contributed by atoms with Gasteiger partial charge in [-0.2, -0.15) is 0 Å². The third kappa shape index (κ3) is 5.68. The fourth-order valence-corrected chi connectivity index (χ4v) is 3.99. The van der Waals surface area contributed by atoms with Crippen molar-refractivity contribution in [3.05, 3.63) is 59.1 Å². The third-order valence-electron chi connectivity index (χ3n) is 4.19. The van der Waals surface area contributed by atoms with Gasteiger partial charge in [-0.1, -0.05) is 29.8 Å². The van der Waals surface area contributed by atoms with Gasteiger partial charge in [0.2, 0.25) is 5.91 Å². The highest BCUT2D eigenvalue weighted by molar-refractivity contribution is 7.99. The minimum absolute atomic E-state index is 0.0125. The molecule has 0 heterocycles. The lowest BCUT2D eigenvalue weighted by Crippen LogP contribution is -2.14. The number of carbonyl (C=O) groups excluding carboxylic acids is 1. The van der Waals surface area contributed by atoms with Gasteiger partial charge in [0.05, 0.1) is 11.9 Å². The number of ether oxygens (including phenoxy) is 1. The zero-order valence-electron chi connectivity index (χ0n) is 14.0. The van der Waals surface area contributed by atoms with Gasteiger partial charge < -0.3 is 10.1 Å². The second-order valence-electron chi connectivity index (χ2n) is 6.18. The van der Waals surface area contributed by atoms with Gasteiger partial charge in [-0.3, -0.25) is 4.79 Å². The van der Waals surface area contributed by atoms with Gasteiger partial charge >= 0.3 is 0 Å². The number of amides is 1. The Hall–Kier alpha value is -1.65. The average molecular weight is 376 g/mol. The molecule has 3 rings (SSSR count). The molecule has 1 amide bonds. The lowest BCUT2D eigenvalue weighted by atomic mass is 10.2. The molecular formula is C20H22ClNO2S. The molecule has 2 aromatic carbocycles. The van der Waals surface area contributed by atoms with Crippen LogP contribution in [-0.4, -0.2) is 17.8 Å². The maximum absolute atomic E-state index is 12.1. The molecule has 132 valence electrons. The SMILES string of the molecule is O=C(CSCc1ccccc1Cl)Nc1ccc(OC2CCCC2)cc1. The van der Waals surface area contributed by atoms with Crippen LogP contribution in [-0.2, 0) is 10.5 Å². The van der Waals surface area contributed by atoms with Crippen LogP contribution < -0.4 is 10.1 Å². The molecule has 1 saturated carbocycles. The minimum Gasteiger partial charge on any atom is -0.490 e. The van der Waals surface area contributed by atoms with Gasteiger partial charge in [0, 0.05) is 16.5 Å². The third-order valence-corrected chi connectivity index (χ3v) is 5.54. The van der Waals surface area contributed by atoms with Crippen molar-refractivity contribution in [2.24, 2.45) is 0 Å². The maximum Gasteiger partial charge on any atom is 0.234 e. The summed E-state index contributed by atoms with van der Waals surface area (Å²) >= 11 is 7.67. The summed E-state index contributed by atoms with van der Waals surface area (Å²) in [7, 11) is 0. The number of anilines is 1. The van der Waals surface area contributed by atoms with Crippen molar-refractivity contribution in [3.63, 3.8) is 0 Å².